The molecule has 0 aliphatic rings. The first-order chi connectivity index (χ1) is 11.7. The Balaban J connectivity index is 2.17. The van der Waals surface area contributed by atoms with Crippen molar-refractivity contribution in [3.8, 4) is 11.5 Å². The number of ether oxygens (including phenoxy) is 2. The van der Waals surface area contributed by atoms with Crippen molar-refractivity contribution in [1.29, 1.82) is 0 Å². The second-order valence-corrected chi connectivity index (χ2v) is 5.29. The minimum Gasteiger partial charge on any atom is -0.490 e. The number of amides is 1. The van der Waals surface area contributed by atoms with Crippen LogP contribution in [-0.2, 0) is 0 Å². The van der Waals surface area contributed by atoms with Gasteiger partial charge in [-0.2, -0.15) is 0 Å². The first kappa shape index (κ1) is 17.8. The van der Waals surface area contributed by atoms with Crippen molar-refractivity contribution in [3.05, 3.63) is 53.8 Å². The molecule has 0 unspecified atom stereocenters. The highest BCUT2D eigenvalue weighted by atomic mass is 19.1. The maximum absolute atomic E-state index is 13.7. The number of rotatable bonds is 8. The summed E-state index contributed by atoms with van der Waals surface area (Å²) in [4.78, 5) is 12.2. The molecule has 2 aromatic carbocycles. The Kier molecular flexibility index (Phi) is 6.61. The number of hydrogen-bond donors (Lipinski definition) is 1. The van der Waals surface area contributed by atoms with E-state index in [4.69, 9.17) is 9.47 Å². The molecular formula is C19H22FNO3. The molecule has 0 saturated heterocycles. The largest absolute Gasteiger partial charge is 0.490 e. The van der Waals surface area contributed by atoms with Crippen LogP contribution in [0.3, 0.4) is 0 Å². The number of benzene rings is 2. The molecule has 4 nitrogen and oxygen atoms in total. The highest BCUT2D eigenvalue weighted by Crippen LogP contribution is 2.31. The molecule has 0 spiro atoms. The van der Waals surface area contributed by atoms with E-state index >= 15 is 0 Å². The Labute approximate surface area is 141 Å². The normalized spacial score (nSPS) is 10.3. The monoisotopic (exact) mass is 331 g/mol. The molecule has 24 heavy (non-hydrogen) atoms. The lowest BCUT2D eigenvalue weighted by atomic mass is 10.2. The first-order valence-corrected chi connectivity index (χ1v) is 8.11. The molecule has 0 radical (unpaired) electrons. The molecule has 0 fully saturated rings. The third-order valence-corrected chi connectivity index (χ3v) is 3.24. The third-order valence-electron chi connectivity index (χ3n) is 3.24. The number of anilines is 1. The molecule has 0 atom stereocenters. The Morgan fingerprint density at radius 3 is 2.33 bits per heavy atom. The van der Waals surface area contributed by atoms with Gasteiger partial charge in [0.2, 0.25) is 0 Å². The van der Waals surface area contributed by atoms with Gasteiger partial charge in [0.1, 0.15) is 5.82 Å². The van der Waals surface area contributed by atoms with Crippen molar-refractivity contribution in [2.45, 2.75) is 26.7 Å². The zero-order chi connectivity index (χ0) is 17.4. The van der Waals surface area contributed by atoms with Crippen LogP contribution < -0.4 is 14.8 Å². The highest BCUT2D eigenvalue weighted by Gasteiger charge is 2.13. The van der Waals surface area contributed by atoms with E-state index < -0.39 is 11.7 Å². The topological polar surface area (TPSA) is 47.6 Å². The van der Waals surface area contributed by atoms with E-state index in [1.54, 1.807) is 30.3 Å². The average molecular weight is 331 g/mol. The molecule has 0 aliphatic carbocycles. The molecule has 2 rings (SSSR count). The van der Waals surface area contributed by atoms with Crippen molar-refractivity contribution in [1.82, 2.24) is 0 Å². The molecule has 128 valence electrons. The highest BCUT2D eigenvalue weighted by molar-refractivity contribution is 6.04. The molecule has 0 aliphatic heterocycles. The SMILES string of the molecule is CCCOc1ccc(NC(=O)c2ccccc2F)cc1OCCC. The summed E-state index contributed by atoms with van der Waals surface area (Å²) in [5.74, 6) is 0.142. The minimum absolute atomic E-state index is 0.000152. The van der Waals surface area contributed by atoms with Crippen LogP contribution in [0.15, 0.2) is 42.5 Å². The van der Waals surface area contributed by atoms with E-state index in [0.717, 1.165) is 12.8 Å². The van der Waals surface area contributed by atoms with Crippen molar-refractivity contribution >= 4 is 11.6 Å². The lowest BCUT2D eigenvalue weighted by molar-refractivity contribution is 0.102. The van der Waals surface area contributed by atoms with Gasteiger partial charge in [0.05, 0.1) is 18.8 Å². The number of carbonyl (C=O) groups excluding carboxylic acids is 1. The predicted octanol–water partition coefficient (Wildman–Crippen LogP) is 4.66. The van der Waals surface area contributed by atoms with Gasteiger partial charge in [-0.15, -0.1) is 0 Å². The van der Waals surface area contributed by atoms with E-state index in [2.05, 4.69) is 5.32 Å². The van der Waals surface area contributed by atoms with Gasteiger partial charge in [-0.3, -0.25) is 4.79 Å². The van der Waals surface area contributed by atoms with E-state index in [9.17, 15) is 9.18 Å². The summed E-state index contributed by atoms with van der Waals surface area (Å²) in [5, 5.41) is 2.68. The van der Waals surface area contributed by atoms with E-state index in [0.29, 0.717) is 30.4 Å². The van der Waals surface area contributed by atoms with Crippen molar-refractivity contribution in [2.75, 3.05) is 18.5 Å². The molecule has 0 heterocycles. The second kappa shape index (κ2) is 8.91. The van der Waals surface area contributed by atoms with Gasteiger partial charge in [0, 0.05) is 11.8 Å². The lowest BCUT2D eigenvalue weighted by Crippen LogP contribution is -2.13. The smallest absolute Gasteiger partial charge is 0.258 e. The summed E-state index contributed by atoms with van der Waals surface area (Å²) >= 11 is 0. The van der Waals surface area contributed by atoms with E-state index in [1.807, 2.05) is 13.8 Å². The van der Waals surface area contributed by atoms with E-state index in [-0.39, 0.29) is 5.56 Å². The fourth-order valence-electron chi connectivity index (χ4n) is 2.09. The molecule has 0 aromatic heterocycles. The van der Waals surface area contributed by atoms with Gasteiger partial charge in [0.15, 0.2) is 11.5 Å². The van der Waals surface area contributed by atoms with E-state index in [1.165, 1.54) is 12.1 Å². The Hall–Kier alpha value is -2.56. The van der Waals surface area contributed by atoms with Gasteiger partial charge < -0.3 is 14.8 Å². The standard InChI is InChI=1S/C19H22FNO3/c1-3-11-23-17-10-9-14(13-18(17)24-12-4-2)21-19(22)15-7-5-6-8-16(15)20/h5-10,13H,3-4,11-12H2,1-2H3,(H,21,22). The molecule has 5 heteroatoms. The van der Waals surface area contributed by atoms with Gasteiger partial charge in [-0.25, -0.2) is 4.39 Å². The van der Waals surface area contributed by atoms with Gasteiger partial charge in [-0.1, -0.05) is 26.0 Å². The zero-order valence-corrected chi connectivity index (χ0v) is 14.0. The van der Waals surface area contributed by atoms with Crippen LogP contribution in [0.2, 0.25) is 0 Å². The maximum Gasteiger partial charge on any atom is 0.258 e. The van der Waals surface area contributed by atoms with Gasteiger partial charge in [-0.05, 0) is 37.1 Å². The Bertz CT molecular complexity index is 688. The van der Waals surface area contributed by atoms with Crippen LogP contribution in [0.4, 0.5) is 10.1 Å². The summed E-state index contributed by atoms with van der Waals surface area (Å²) < 4.78 is 25.0. The molecule has 1 amide bonds. The lowest BCUT2D eigenvalue weighted by Gasteiger charge is -2.14. The average Bonchev–Trinajstić information content (AvgIpc) is 2.59. The van der Waals surface area contributed by atoms with Crippen molar-refractivity contribution < 1.29 is 18.7 Å². The van der Waals surface area contributed by atoms with Crippen LogP contribution in [-0.4, -0.2) is 19.1 Å². The third kappa shape index (κ3) is 4.72. The molecular weight excluding hydrogens is 309 g/mol. The molecule has 1 N–H and O–H groups in total. The summed E-state index contributed by atoms with van der Waals surface area (Å²) in [6.07, 6.45) is 1.75. The fourth-order valence-corrected chi connectivity index (χ4v) is 2.09. The zero-order valence-electron chi connectivity index (χ0n) is 14.0. The van der Waals surface area contributed by atoms with Crippen LogP contribution in [0.1, 0.15) is 37.0 Å². The van der Waals surface area contributed by atoms with Gasteiger partial charge >= 0.3 is 0 Å². The summed E-state index contributed by atoms with van der Waals surface area (Å²) in [6, 6.07) is 11.0. The number of hydrogen-bond acceptors (Lipinski definition) is 3. The van der Waals surface area contributed by atoms with Crippen LogP contribution >= 0.6 is 0 Å². The van der Waals surface area contributed by atoms with Crippen LogP contribution in [0.5, 0.6) is 11.5 Å². The first-order valence-electron chi connectivity index (χ1n) is 8.11. The summed E-state index contributed by atoms with van der Waals surface area (Å²) in [6.45, 7) is 5.17. The maximum atomic E-state index is 13.7. The van der Waals surface area contributed by atoms with Gasteiger partial charge in [0.25, 0.3) is 5.91 Å². The van der Waals surface area contributed by atoms with Crippen molar-refractivity contribution in [3.63, 3.8) is 0 Å². The van der Waals surface area contributed by atoms with Crippen molar-refractivity contribution in [2.24, 2.45) is 0 Å². The molecule has 0 saturated carbocycles. The Morgan fingerprint density at radius 2 is 1.67 bits per heavy atom. The second-order valence-electron chi connectivity index (χ2n) is 5.29. The summed E-state index contributed by atoms with van der Waals surface area (Å²) in [5.41, 5.74) is 0.526. The Morgan fingerprint density at radius 1 is 1.00 bits per heavy atom. The van der Waals surface area contributed by atoms with Crippen LogP contribution in [0.25, 0.3) is 0 Å². The minimum atomic E-state index is -0.555. The quantitative estimate of drug-likeness (QED) is 0.765. The number of carbonyl (C=O) groups is 1. The molecule has 2 aromatic rings. The predicted molar refractivity (Wildman–Crippen MR) is 92.4 cm³/mol. The number of halogens is 1. The summed E-state index contributed by atoms with van der Waals surface area (Å²) in [7, 11) is 0. The number of nitrogens with one attached hydrogen (secondary N) is 1. The van der Waals surface area contributed by atoms with Crippen LogP contribution in [0, 0.1) is 5.82 Å². The fraction of sp³-hybridized carbons (Fsp3) is 0.316. The molecule has 0 bridgehead atoms.